The fourth-order valence-corrected chi connectivity index (χ4v) is 1.90. The molecule has 2 N–H and O–H groups in total. The molecule has 118 valence electrons. The van der Waals surface area contributed by atoms with Gasteiger partial charge >= 0.3 is 0 Å². The van der Waals surface area contributed by atoms with E-state index in [0.717, 1.165) is 29.0 Å². The van der Waals surface area contributed by atoms with Gasteiger partial charge in [-0.1, -0.05) is 0 Å². The van der Waals surface area contributed by atoms with Crippen LogP contribution in [-0.2, 0) is 6.54 Å². The first-order chi connectivity index (χ1) is 10.8. The van der Waals surface area contributed by atoms with Crippen LogP contribution in [0.4, 0.5) is 10.1 Å². The van der Waals surface area contributed by atoms with E-state index in [0.29, 0.717) is 0 Å². The van der Waals surface area contributed by atoms with Crippen LogP contribution >= 0.6 is 0 Å². The molecule has 1 amide bonds. The van der Waals surface area contributed by atoms with Gasteiger partial charge in [0.15, 0.2) is 5.78 Å². The summed E-state index contributed by atoms with van der Waals surface area (Å²) in [5.41, 5.74) is 3.07. The van der Waals surface area contributed by atoms with E-state index >= 15 is 0 Å². The predicted octanol–water partition coefficient (Wildman–Crippen LogP) is 0.877. The number of Topliss-reactive ketones (excluding diaryl/α,β-unsaturated/α-hetero) is 1. The highest BCUT2D eigenvalue weighted by Gasteiger charge is 2.19. The lowest BCUT2D eigenvalue weighted by Crippen LogP contribution is -2.31. The summed E-state index contributed by atoms with van der Waals surface area (Å²) >= 11 is 0. The standard InChI is InChI=1S/C14H10FN3O5/c15-9-3-1-8(2-4-9)12(19)7-17-6-10(18(22)23)5-11(13(16)20)14(17)21/h1-6H,7H2,(H2,16,20). The van der Waals surface area contributed by atoms with Crippen LogP contribution in [0.1, 0.15) is 20.7 Å². The Labute approximate surface area is 128 Å². The molecule has 0 bridgehead atoms. The highest BCUT2D eigenvalue weighted by atomic mass is 19.1. The molecule has 1 heterocycles. The minimum Gasteiger partial charge on any atom is -0.365 e. The fourth-order valence-electron chi connectivity index (χ4n) is 1.90. The van der Waals surface area contributed by atoms with Crippen molar-refractivity contribution in [2.45, 2.75) is 6.54 Å². The van der Waals surface area contributed by atoms with Gasteiger partial charge in [-0.25, -0.2) is 4.39 Å². The first-order valence-corrected chi connectivity index (χ1v) is 6.27. The molecule has 0 aliphatic rings. The number of carbonyl (C=O) groups excluding carboxylic acids is 2. The minimum absolute atomic E-state index is 0.116. The number of halogens is 1. The number of pyridine rings is 1. The summed E-state index contributed by atoms with van der Waals surface area (Å²) in [6, 6.07) is 5.32. The predicted molar refractivity (Wildman–Crippen MR) is 76.6 cm³/mol. The van der Waals surface area contributed by atoms with Crippen molar-refractivity contribution in [1.82, 2.24) is 4.57 Å². The molecule has 2 rings (SSSR count). The van der Waals surface area contributed by atoms with E-state index < -0.39 is 45.8 Å². The molecule has 0 saturated heterocycles. The van der Waals surface area contributed by atoms with Gasteiger partial charge in [0.25, 0.3) is 17.2 Å². The number of nitrogens with two attached hydrogens (primary N) is 1. The highest BCUT2D eigenvalue weighted by Crippen LogP contribution is 2.11. The monoisotopic (exact) mass is 319 g/mol. The van der Waals surface area contributed by atoms with E-state index in [2.05, 4.69) is 0 Å². The average Bonchev–Trinajstić information content (AvgIpc) is 2.49. The second kappa shape index (κ2) is 6.18. The van der Waals surface area contributed by atoms with Gasteiger partial charge in [0.05, 0.1) is 17.7 Å². The topological polar surface area (TPSA) is 125 Å². The molecule has 0 saturated carbocycles. The Morgan fingerprint density at radius 1 is 1.26 bits per heavy atom. The summed E-state index contributed by atoms with van der Waals surface area (Å²) in [5, 5.41) is 10.8. The van der Waals surface area contributed by atoms with E-state index in [1.807, 2.05) is 0 Å². The van der Waals surface area contributed by atoms with Crippen LogP contribution in [0.5, 0.6) is 0 Å². The molecule has 1 aromatic carbocycles. The number of ketones is 1. The first kappa shape index (κ1) is 16.0. The van der Waals surface area contributed by atoms with Crippen molar-refractivity contribution in [3.63, 3.8) is 0 Å². The Morgan fingerprint density at radius 2 is 1.87 bits per heavy atom. The minimum atomic E-state index is -1.14. The van der Waals surface area contributed by atoms with Crippen LogP contribution in [0.3, 0.4) is 0 Å². The number of hydrogen-bond donors (Lipinski definition) is 1. The summed E-state index contributed by atoms with van der Waals surface area (Å²) in [6.07, 6.45) is 0.843. The van der Waals surface area contributed by atoms with Crippen molar-refractivity contribution >= 4 is 17.4 Å². The van der Waals surface area contributed by atoms with Crippen molar-refractivity contribution in [2.24, 2.45) is 5.73 Å². The summed E-state index contributed by atoms with van der Waals surface area (Å²) in [5.74, 6) is -2.25. The molecule has 0 fully saturated rings. The second-order valence-corrected chi connectivity index (χ2v) is 4.60. The first-order valence-electron chi connectivity index (χ1n) is 6.27. The Kier molecular flexibility index (Phi) is 4.30. The van der Waals surface area contributed by atoms with Crippen molar-refractivity contribution < 1.29 is 18.9 Å². The lowest BCUT2D eigenvalue weighted by molar-refractivity contribution is -0.385. The number of rotatable bonds is 5. The van der Waals surface area contributed by atoms with E-state index in [1.165, 1.54) is 12.1 Å². The molecule has 0 radical (unpaired) electrons. The molecule has 9 heteroatoms. The Balaban J connectivity index is 2.44. The third-order valence-corrected chi connectivity index (χ3v) is 3.03. The normalized spacial score (nSPS) is 10.3. The third kappa shape index (κ3) is 3.46. The lowest BCUT2D eigenvalue weighted by Gasteiger charge is -2.07. The zero-order valence-electron chi connectivity index (χ0n) is 11.6. The molecule has 0 spiro atoms. The number of hydrogen-bond acceptors (Lipinski definition) is 5. The van der Waals surface area contributed by atoms with E-state index in [9.17, 15) is 28.9 Å². The molecule has 0 atom stereocenters. The molecular formula is C14H10FN3O5. The zero-order chi connectivity index (χ0) is 17.1. The molecule has 0 aliphatic carbocycles. The van der Waals surface area contributed by atoms with Gasteiger partial charge in [-0.2, -0.15) is 0 Å². The number of primary amides is 1. The molecule has 0 unspecified atom stereocenters. The number of nitrogens with zero attached hydrogens (tertiary/aromatic N) is 2. The quantitative estimate of drug-likeness (QED) is 0.497. The average molecular weight is 319 g/mol. The maximum Gasteiger partial charge on any atom is 0.286 e. The van der Waals surface area contributed by atoms with Crippen molar-refractivity contribution in [1.29, 1.82) is 0 Å². The Hall–Kier alpha value is -3.36. The zero-order valence-corrected chi connectivity index (χ0v) is 11.6. The molecular weight excluding hydrogens is 309 g/mol. The summed E-state index contributed by atoms with van der Waals surface area (Å²) in [7, 11) is 0. The summed E-state index contributed by atoms with van der Waals surface area (Å²) in [6.45, 7) is -0.549. The molecule has 2 aromatic rings. The molecule has 0 aliphatic heterocycles. The maximum atomic E-state index is 12.8. The highest BCUT2D eigenvalue weighted by molar-refractivity contribution is 5.96. The number of nitro groups is 1. The lowest BCUT2D eigenvalue weighted by atomic mass is 10.1. The third-order valence-electron chi connectivity index (χ3n) is 3.03. The van der Waals surface area contributed by atoms with Crippen molar-refractivity contribution in [3.8, 4) is 0 Å². The van der Waals surface area contributed by atoms with Gasteiger partial charge < -0.3 is 10.3 Å². The Bertz CT molecular complexity index is 858. The second-order valence-electron chi connectivity index (χ2n) is 4.60. The Morgan fingerprint density at radius 3 is 2.39 bits per heavy atom. The van der Waals surface area contributed by atoms with Crippen LogP contribution < -0.4 is 11.3 Å². The van der Waals surface area contributed by atoms with Gasteiger partial charge in [-0.05, 0) is 24.3 Å². The van der Waals surface area contributed by atoms with Crippen molar-refractivity contribution in [3.05, 3.63) is 73.9 Å². The van der Waals surface area contributed by atoms with Crippen LogP contribution in [0, 0.1) is 15.9 Å². The number of aromatic nitrogens is 1. The number of amides is 1. The SMILES string of the molecule is NC(=O)c1cc([N+](=O)[O-])cn(CC(=O)c2ccc(F)cc2)c1=O. The van der Waals surface area contributed by atoms with Crippen LogP contribution in [0.15, 0.2) is 41.3 Å². The molecule has 8 nitrogen and oxygen atoms in total. The summed E-state index contributed by atoms with van der Waals surface area (Å²) in [4.78, 5) is 45.3. The van der Waals surface area contributed by atoms with Crippen LogP contribution in [0.2, 0.25) is 0 Å². The van der Waals surface area contributed by atoms with E-state index in [1.54, 1.807) is 0 Å². The van der Waals surface area contributed by atoms with E-state index in [-0.39, 0.29) is 5.56 Å². The number of carbonyl (C=O) groups is 2. The smallest absolute Gasteiger partial charge is 0.286 e. The van der Waals surface area contributed by atoms with Gasteiger partial charge in [-0.15, -0.1) is 0 Å². The van der Waals surface area contributed by atoms with Gasteiger partial charge in [0.2, 0.25) is 0 Å². The van der Waals surface area contributed by atoms with E-state index in [4.69, 9.17) is 5.73 Å². The van der Waals surface area contributed by atoms with Gasteiger partial charge in [0.1, 0.15) is 11.4 Å². The molecule has 23 heavy (non-hydrogen) atoms. The number of benzene rings is 1. The van der Waals surface area contributed by atoms with Crippen LogP contribution in [0.25, 0.3) is 0 Å². The van der Waals surface area contributed by atoms with Crippen molar-refractivity contribution in [2.75, 3.05) is 0 Å². The largest absolute Gasteiger partial charge is 0.365 e. The maximum absolute atomic E-state index is 12.8. The van der Waals surface area contributed by atoms with Gasteiger partial charge in [-0.3, -0.25) is 24.5 Å². The van der Waals surface area contributed by atoms with Gasteiger partial charge in [0, 0.05) is 11.6 Å². The fraction of sp³-hybridized carbons (Fsp3) is 0.0714. The molecule has 1 aromatic heterocycles. The summed E-state index contributed by atoms with van der Waals surface area (Å²) < 4.78 is 13.6. The van der Waals surface area contributed by atoms with Crippen LogP contribution in [-0.4, -0.2) is 21.2 Å².